The molecule has 6 heteroatoms. The lowest BCUT2D eigenvalue weighted by Crippen LogP contribution is -2.47. The van der Waals surface area contributed by atoms with Crippen LogP contribution in [0, 0.1) is 3.57 Å². The Labute approximate surface area is 156 Å². The molecule has 1 aliphatic rings. The Bertz CT molecular complexity index is 665. The summed E-state index contributed by atoms with van der Waals surface area (Å²) in [5.41, 5.74) is 0. The van der Waals surface area contributed by atoms with E-state index in [1.54, 1.807) is 6.26 Å². The molecule has 0 aliphatic carbocycles. The Morgan fingerprint density at radius 1 is 1.29 bits per heavy atom. The van der Waals surface area contributed by atoms with E-state index in [1.165, 1.54) is 0 Å². The van der Waals surface area contributed by atoms with E-state index >= 15 is 0 Å². The number of piperidine rings is 1. The predicted molar refractivity (Wildman–Crippen MR) is 103 cm³/mol. The normalized spacial score (nSPS) is 16.2. The third kappa shape index (κ3) is 4.43. The highest BCUT2D eigenvalue weighted by molar-refractivity contribution is 14.1. The molecule has 0 bridgehead atoms. The molecule has 0 saturated carbocycles. The van der Waals surface area contributed by atoms with Crippen molar-refractivity contribution < 1.29 is 9.15 Å². The van der Waals surface area contributed by atoms with Gasteiger partial charge in [0.2, 0.25) is 0 Å². The van der Waals surface area contributed by atoms with Crippen molar-refractivity contribution in [2.24, 2.45) is 4.99 Å². The van der Waals surface area contributed by atoms with Gasteiger partial charge in [-0.05, 0) is 46.9 Å². The van der Waals surface area contributed by atoms with E-state index in [0.717, 1.165) is 47.0 Å². The van der Waals surface area contributed by atoms with Crippen molar-refractivity contribution in [2.45, 2.75) is 25.5 Å². The average Bonchev–Trinajstić information content (AvgIpc) is 3.12. The topological polar surface area (TPSA) is 50.0 Å². The highest BCUT2D eigenvalue weighted by Gasteiger charge is 2.23. The zero-order valence-electron chi connectivity index (χ0n) is 13.7. The summed E-state index contributed by atoms with van der Waals surface area (Å²) in [4.78, 5) is 6.66. The maximum atomic E-state index is 6.16. The summed E-state index contributed by atoms with van der Waals surface area (Å²) in [6, 6.07) is 12.0. The van der Waals surface area contributed by atoms with Gasteiger partial charge in [0.1, 0.15) is 17.6 Å². The molecular weight excluding hydrogens is 417 g/mol. The third-order valence-corrected chi connectivity index (χ3v) is 4.98. The summed E-state index contributed by atoms with van der Waals surface area (Å²) in [7, 11) is 1.82. The van der Waals surface area contributed by atoms with Crippen LogP contribution in [0.4, 0.5) is 0 Å². The van der Waals surface area contributed by atoms with Gasteiger partial charge in [-0.1, -0.05) is 12.1 Å². The van der Waals surface area contributed by atoms with E-state index in [2.05, 4.69) is 43.9 Å². The molecule has 5 nitrogen and oxygen atoms in total. The first kappa shape index (κ1) is 17.1. The fourth-order valence-electron chi connectivity index (χ4n) is 2.82. The maximum Gasteiger partial charge on any atom is 0.194 e. The number of aliphatic imine (C=N–C) groups is 1. The number of halogens is 1. The number of ether oxygens (including phenoxy) is 1. The number of rotatable bonds is 4. The van der Waals surface area contributed by atoms with Crippen LogP contribution in [0.25, 0.3) is 0 Å². The predicted octanol–water partition coefficient (Wildman–Crippen LogP) is 3.50. The van der Waals surface area contributed by atoms with Crippen LogP contribution in [0.5, 0.6) is 5.75 Å². The van der Waals surface area contributed by atoms with Gasteiger partial charge in [0.05, 0.1) is 16.4 Å². The van der Waals surface area contributed by atoms with Gasteiger partial charge >= 0.3 is 0 Å². The molecule has 128 valence electrons. The molecule has 0 spiro atoms. The van der Waals surface area contributed by atoms with E-state index in [1.807, 2.05) is 37.4 Å². The summed E-state index contributed by atoms with van der Waals surface area (Å²) in [5, 5.41) is 3.36. The van der Waals surface area contributed by atoms with Crippen LogP contribution in [0.1, 0.15) is 18.6 Å². The van der Waals surface area contributed by atoms with Crippen molar-refractivity contribution in [1.29, 1.82) is 0 Å². The molecule has 2 heterocycles. The highest BCUT2D eigenvalue weighted by atomic mass is 127. The summed E-state index contributed by atoms with van der Waals surface area (Å²) < 4.78 is 12.7. The summed E-state index contributed by atoms with van der Waals surface area (Å²) in [6.07, 6.45) is 3.94. The summed E-state index contributed by atoms with van der Waals surface area (Å²) >= 11 is 2.32. The number of nitrogens with one attached hydrogen (secondary N) is 1. The van der Waals surface area contributed by atoms with Gasteiger partial charge < -0.3 is 19.4 Å². The Morgan fingerprint density at radius 2 is 2.08 bits per heavy atom. The minimum atomic E-state index is 0.264. The van der Waals surface area contributed by atoms with Crippen molar-refractivity contribution in [3.63, 3.8) is 0 Å². The molecule has 24 heavy (non-hydrogen) atoms. The van der Waals surface area contributed by atoms with E-state index in [9.17, 15) is 0 Å². The molecule has 0 amide bonds. The number of furan rings is 1. The molecule has 1 aromatic heterocycles. The fraction of sp³-hybridized carbons (Fsp3) is 0.389. The van der Waals surface area contributed by atoms with Crippen LogP contribution in [0.3, 0.4) is 0 Å². The first-order valence-electron chi connectivity index (χ1n) is 8.15. The first-order chi connectivity index (χ1) is 11.8. The third-order valence-electron chi connectivity index (χ3n) is 4.08. The monoisotopic (exact) mass is 439 g/mol. The lowest BCUT2D eigenvalue weighted by atomic mass is 10.1. The lowest BCUT2D eigenvalue weighted by molar-refractivity contribution is 0.128. The van der Waals surface area contributed by atoms with Gasteiger partial charge in [-0.3, -0.25) is 4.99 Å². The fourth-order valence-corrected chi connectivity index (χ4v) is 3.33. The largest absolute Gasteiger partial charge is 0.489 e. The summed E-state index contributed by atoms with van der Waals surface area (Å²) in [5.74, 6) is 2.81. The SMILES string of the molecule is CN=C(NCc1ccco1)N1CCC(Oc2ccccc2I)CC1. The number of hydrogen-bond donors (Lipinski definition) is 1. The minimum Gasteiger partial charge on any atom is -0.489 e. The van der Waals surface area contributed by atoms with Crippen LogP contribution in [0.2, 0.25) is 0 Å². The molecule has 2 aromatic rings. The minimum absolute atomic E-state index is 0.264. The molecule has 3 rings (SSSR count). The number of benzene rings is 1. The summed E-state index contributed by atoms with van der Waals surface area (Å²) in [6.45, 7) is 2.52. The second-order valence-corrected chi connectivity index (χ2v) is 6.88. The molecule has 0 radical (unpaired) electrons. The first-order valence-corrected chi connectivity index (χ1v) is 9.23. The standard InChI is InChI=1S/C18H22IN3O2/c1-20-18(21-13-15-5-4-12-23-15)22-10-8-14(9-11-22)24-17-7-3-2-6-16(17)19/h2-7,12,14H,8-11,13H2,1H3,(H,20,21). The molecule has 0 unspecified atom stereocenters. The Balaban J connectivity index is 1.49. The quantitative estimate of drug-likeness (QED) is 0.450. The van der Waals surface area contributed by atoms with Gasteiger partial charge in [-0.15, -0.1) is 0 Å². The van der Waals surface area contributed by atoms with Crippen molar-refractivity contribution in [1.82, 2.24) is 10.2 Å². The van der Waals surface area contributed by atoms with Crippen molar-refractivity contribution in [3.8, 4) is 5.75 Å². The number of nitrogens with zero attached hydrogens (tertiary/aromatic N) is 2. The molecular formula is C18H22IN3O2. The molecule has 1 aromatic carbocycles. The Hall–Kier alpha value is -1.70. The number of hydrogen-bond acceptors (Lipinski definition) is 3. The van der Waals surface area contributed by atoms with Crippen LogP contribution in [-0.2, 0) is 6.54 Å². The van der Waals surface area contributed by atoms with Crippen molar-refractivity contribution >= 4 is 28.6 Å². The van der Waals surface area contributed by atoms with Gasteiger partial charge in [0.15, 0.2) is 5.96 Å². The molecule has 0 atom stereocenters. The zero-order chi connectivity index (χ0) is 16.8. The number of guanidine groups is 1. The molecule has 1 N–H and O–H groups in total. The Kier molecular flexibility index (Phi) is 6.01. The van der Waals surface area contributed by atoms with Gasteiger partial charge in [0, 0.05) is 33.0 Å². The van der Waals surface area contributed by atoms with Crippen molar-refractivity contribution in [3.05, 3.63) is 52.0 Å². The van der Waals surface area contributed by atoms with Gasteiger partial charge in [0.25, 0.3) is 0 Å². The van der Waals surface area contributed by atoms with Crippen LogP contribution in [-0.4, -0.2) is 37.1 Å². The van der Waals surface area contributed by atoms with Crippen LogP contribution in [0.15, 0.2) is 52.1 Å². The lowest BCUT2D eigenvalue weighted by Gasteiger charge is -2.34. The number of likely N-dealkylation sites (tertiary alicyclic amines) is 1. The second kappa shape index (κ2) is 8.41. The van der Waals surface area contributed by atoms with Gasteiger partial charge in [-0.2, -0.15) is 0 Å². The van der Waals surface area contributed by atoms with E-state index < -0.39 is 0 Å². The van der Waals surface area contributed by atoms with Crippen LogP contribution >= 0.6 is 22.6 Å². The highest BCUT2D eigenvalue weighted by Crippen LogP contribution is 2.24. The second-order valence-electron chi connectivity index (χ2n) is 5.71. The van der Waals surface area contributed by atoms with Gasteiger partial charge in [-0.25, -0.2) is 0 Å². The van der Waals surface area contributed by atoms with Crippen molar-refractivity contribution in [2.75, 3.05) is 20.1 Å². The smallest absolute Gasteiger partial charge is 0.194 e. The molecule has 1 fully saturated rings. The van der Waals surface area contributed by atoms with E-state index in [-0.39, 0.29) is 6.10 Å². The average molecular weight is 439 g/mol. The Morgan fingerprint density at radius 3 is 2.75 bits per heavy atom. The molecule has 1 saturated heterocycles. The number of para-hydroxylation sites is 1. The van der Waals surface area contributed by atoms with E-state index in [0.29, 0.717) is 6.54 Å². The zero-order valence-corrected chi connectivity index (χ0v) is 15.9. The molecule has 1 aliphatic heterocycles. The maximum absolute atomic E-state index is 6.16. The van der Waals surface area contributed by atoms with E-state index in [4.69, 9.17) is 9.15 Å². The van der Waals surface area contributed by atoms with Crippen LogP contribution < -0.4 is 10.1 Å².